The van der Waals surface area contributed by atoms with Crippen LogP contribution < -0.4 is 10.5 Å². The first-order valence-corrected chi connectivity index (χ1v) is 6.92. The summed E-state index contributed by atoms with van der Waals surface area (Å²) in [6, 6.07) is 6.69. The van der Waals surface area contributed by atoms with Crippen molar-refractivity contribution >= 4 is 21.6 Å². The van der Waals surface area contributed by atoms with E-state index in [1.54, 1.807) is 19.1 Å². The minimum absolute atomic E-state index is 0.0694. The molecule has 7 heteroatoms. The van der Waals surface area contributed by atoms with E-state index in [9.17, 15) is 10.1 Å². The van der Waals surface area contributed by atoms with Crippen LogP contribution in [-0.2, 0) is 0 Å². The largest absolute Gasteiger partial charge is 0.486 e. The Morgan fingerprint density at radius 2 is 2.25 bits per heavy atom. The minimum Gasteiger partial charge on any atom is -0.486 e. The highest BCUT2D eigenvalue weighted by atomic mass is 79.9. The number of halogens is 1. The number of nitrogens with two attached hydrogens (primary N) is 1. The summed E-state index contributed by atoms with van der Waals surface area (Å²) < 4.78 is 6.01. The first-order valence-electron chi connectivity index (χ1n) is 6.13. The standard InChI is InChI=1S/C13H16BrN3O3/c1-13(16,9-15)7-2-3-8-20-12-10(14)5-4-6-11(12)17(18)19/h4-6H,2-3,7-8,16H2,1H3. The van der Waals surface area contributed by atoms with Gasteiger partial charge in [0.15, 0.2) is 0 Å². The highest BCUT2D eigenvalue weighted by Crippen LogP contribution is 2.34. The Morgan fingerprint density at radius 1 is 1.55 bits per heavy atom. The average molecular weight is 342 g/mol. The number of hydrogen-bond donors (Lipinski definition) is 1. The lowest BCUT2D eigenvalue weighted by atomic mass is 9.98. The van der Waals surface area contributed by atoms with Crippen LogP contribution in [-0.4, -0.2) is 17.1 Å². The van der Waals surface area contributed by atoms with Gasteiger partial charge in [-0.3, -0.25) is 10.1 Å². The molecule has 108 valence electrons. The van der Waals surface area contributed by atoms with Crippen molar-refractivity contribution in [2.45, 2.75) is 31.7 Å². The predicted molar refractivity (Wildman–Crippen MR) is 78.3 cm³/mol. The molecule has 1 rings (SSSR count). The van der Waals surface area contributed by atoms with Gasteiger partial charge in [0.2, 0.25) is 5.75 Å². The second kappa shape index (κ2) is 7.22. The normalized spacial score (nSPS) is 13.3. The molecule has 0 saturated heterocycles. The van der Waals surface area contributed by atoms with Gasteiger partial charge in [-0.15, -0.1) is 0 Å². The van der Waals surface area contributed by atoms with Crippen LogP contribution >= 0.6 is 15.9 Å². The summed E-state index contributed by atoms with van der Waals surface area (Å²) in [6.45, 7) is 2.01. The van der Waals surface area contributed by atoms with Crippen LogP contribution in [0.3, 0.4) is 0 Å². The maximum absolute atomic E-state index is 10.9. The molecule has 0 bridgehead atoms. The molecule has 0 aliphatic rings. The number of unbranched alkanes of at least 4 members (excludes halogenated alkanes) is 1. The second-order valence-electron chi connectivity index (χ2n) is 4.68. The van der Waals surface area contributed by atoms with Gasteiger partial charge in [0, 0.05) is 6.07 Å². The molecule has 0 spiro atoms. The molecule has 1 atom stereocenters. The van der Waals surface area contributed by atoms with E-state index in [1.165, 1.54) is 6.07 Å². The number of nitrogens with zero attached hydrogens (tertiary/aromatic N) is 2. The fraction of sp³-hybridized carbons (Fsp3) is 0.462. The molecule has 6 nitrogen and oxygen atoms in total. The van der Waals surface area contributed by atoms with Gasteiger partial charge in [0.05, 0.1) is 22.1 Å². The Labute approximate surface area is 125 Å². The van der Waals surface area contributed by atoms with Crippen LogP contribution in [0.4, 0.5) is 5.69 Å². The number of benzene rings is 1. The third-order valence-corrected chi connectivity index (χ3v) is 3.36. The van der Waals surface area contributed by atoms with Crippen LogP contribution in [0.5, 0.6) is 5.75 Å². The topological polar surface area (TPSA) is 102 Å². The lowest BCUT2D eigenvalue weighted by Crippen LogP contribution is -2.33. The molecule has 0 aliphatic heterocycles. The molecule has 1 aromatic carbocycles. The van der Waals surface area contributed by atoms with Gasteiger partial charge < -0.3 is 10.5 Å². The molecular formula is C13H16BrN3O3. The number of hydrogen-bond acceptors (Lipinski definition) is 5. The molecule has 0 aliphatic carbocycles. The molecule has 2 N–H and O–H groups in total. The van der Waals surface area contributed by atoms with Gasteiger partial charge in [-0.05, 0) is 48.2 Å². The first-order chi connectivity index (χ1) is 9.37. The molecule has 0 heterocycles. The van der Waals surface area contributed by atoms with Gasteiger partial charge in [-0.1, -0.05) is 6.07 Å². The Morgan fingerprint density at radius 3 is 2.85 bits per heavy atom. The van der Waals surface area contributed by atoms with Gasteiger partial charge in [-0.25, -0.2) is 0 Å². The van der Waals surface area contributed by atoms with E-state index < -0.39 is 10.5 Å². The Bertz CT molecular complexity index is 526. The van der Waals surface area contributed by atoms with Crippen molar-refractivity contribution in [3.05, 3.63) is 32.8 Å². The summed E-state index contributed by atoms with van der Waals surface area (Å²) in [5.74, 6) is 0.230. The Balaban J connectivity index is 2.51. The maximum atomic E-state index is 10.9. The number of nitriles is 1. The van der Waals surface area contributed by atoms with Gasteiger partial charge in [0.1, 0.15) is 5.54 Å². The zero-order valence-electron chi connectivity index (χ0n) is 11.1. The smallest absolute Gasteiger partial charge is 0.312 e. The molecular weight excluding hydrogens is 326 g/mol. The molecule has 0 radical (unpaired) electrons. The number of nitro benzene ring substituents is 1. The van der Waals surface area contributed by atoms with Gasteiger partial charge in [-0.2, -0.15) is 5.26 Å². The summed E-state index contributed by atoms with van der Waals surface area (Å²) in [6.07, 6.45) is 1.96. The monoisotopic (exact) mass is 341 g/mol. The Kier molecular flexibility index (Phi) is 5.92. The predicted octanol–water partition coefficient (Wildman–Crippen LogP) is 3.15. The summed E-state index contributed by atoms with van der Waals surface area (Å²) in [5, 5.41) is 19.7. The zero-order chi connectivity index (χ0) is 15.2. The highest BCUT2D eigenvalue weighted by molar-refractivity contribution is 9.10. The van der Waals surface area contributed by atoms with E-state index in [4.69, 9.17) is 15.7 Å². The van der Waals surface area contributed by atoms with Crippen molar-refractivity contribution in [2.24, 2.45) is 5.73 Å². The minimum atomic E-state index is -0.834. The van der Waals surface area contributed by atoms with E-state index >= 15 is 0 Å². The summed E-state index contributed by atoms with van der Waals surface area (Å²) >= 11 is 3.24. The second-order valence-corrected chi connectivity index (χ2v) is 5.53. The van der Waals surface area contributed by atoms with Crippen molar-refractivity contribution in [3.63, 3.8) is 0 Å². The summed E-state index contributed by atoms with van der Waals surface area (Å²) in [7, 11) is 0. The molecule has 0 saturated carbocycles. The lowest BCUT2D eigenvalue weighted by molar-refractivity contribution is -0.386. The van der Waals surface area contributed by atoms with E-state index in [2.05, 4.69) is 15.9 Å². The number of nitro groups is 1. The quantitative estimate of drug-likeness (QED) is 0.466. The van der Waals surface area contributed by atoms with E-state index in [0.717, 1.165) is 6.42 Å². The van der Waals surface area contributed by atoms with Crippen LogP contribution in [0.2, 0.25) is 0 Å². The molecule has 0 fully saturated rings. The first kappa shape index (κ1) is 16.4. The lowest BCUT2D eigenvalue weighted by Gasteiger charge is -2.14. The number of para-hydroxylation sites is 1. The number of ether oxygens (including phenoxy) is 1. The van der Waals surface area contributed by atoms with Crippen LogP contribution in [0.15, 0.2) is 22.7 Å². The molecule has 1 unspecified atom stereocenters. The van der Waals surface area contributed by atoms with Crippen molar-refractivity contribution in [3.8, 4) is 11.8 Å². The maximum Gasteiger partial charge on any atom is 0.312 e. The van der Waals surface area contributed by atoms with E-state index in [0.29, 0.717) is 23.9 Å². The molecule has 20 heavy (non-hydrogen) atoms. The average Bonchev–Trinajstić information content (AvgIpc) is 2.39. The zero-order valence-corrected chi connectivity index (χ0v) is 12.7. The van der Waals surface area contributed by atoms with Crippen molar-refractivity contribution in [2.75, 3.05) is 6.61 Å². The molecule has 1 aromatic rings. The molecule has 0 aromatic heterocycles. The third kappa shape index (κ3) is 4.79. The van der Waals surface area contributed by atoms with Crippen LogP contribution in [0.1, 0.15) is 26.2 Å². The fourth-order valence-electron chi connectivity index (χ4n) is 1.61. The molecule has 0 amide bonds. The van der Waals surface area contributed by atoms with Crippen LogP contribution in [0, 0.1) is 21.4 Å². The summed E-state index contributed by atoms with van der Waals surface area (Å²) in [5.41, 5.74) is 4.80. The van der Waals surface area contributed by atoms with Crippen molar-refractivity contribution in [1.29, 1.82) is 5.26 Å². The van der Waals surface area contributed by atoms with E-state index in [-0.39, 0.29) is 11.4 Å². The Hall–Kier alpha value is -1.65. The van der Waals surface area contributed by atoms with Crippen molar-refractivity contribution < 1.29 is 9.66 Å². The summed E-state index contributed by atoms with van der Waals surface area (Å²) in [4.78, 5) is 10.4. The van der Waals surface area contributed by atoms with Crippen molar-refractivity contribution in [1.82, 2.24) is 0 Å². The van der Waals surface area contributed by atoms with Gasteiger partial charge >= 0.3 is 5.69 Å². The SMILES string of the molecule is CC(N)(C#N)CCCCOc1c(Br)cccc1[N+](=O)[O-]. The fourth-order valence-corrected chi connectivity index (χ4v) is 2.08. The van der Waals surface area contributed by atoms with Gasteiger partial charge in [0.25, 0.3) is 0 Å². The number of rotatable bonds is 7. The van der Waals surface area contributed by atoms with E-state index in [1.807, 2.05) is 6.07 Å². The third-order valence-electron chi connectivity index (χ3n) is 2.74. The highest BCUT2D eigenvalue weighted by Gasteiger charge is 2.18. The van der Waals surface area contributed by atoms with Crippen LogP contribution in [0.25, 0.3) is 0 Å².